The predicted octanol–water partition coefficient (Wildman–Crippen LogP) is 3.91. The van der Waals surface area contributed by atoms with E-state index in [-0.39, 0.29) is 23.1 Å². The van der Waals surface area contributed by atoms with Crippen LogP contribution in [0.4, 0.5) is 5.82 Å². The maximum Gasteiger partial charge on any atom is 0.251 e. The molecule has 6 heteroatoms. The molecule has 0 aliphatic carbocycles. The van der Waals surface area contributed by atoms with Gasteiger partial charge < -0.3 is 10.6 Å². The summed E-state index contributed by atoms with van der Waals surface area (Å²) in [6.07, 6.45) is 0. The second-order valence-corrected chi connectivity index (χ2v) is 9.13. The van der Waals surface area contributed by atoms with Gasteiger partial charge >= 0.3 is 0 Å². The molecule has 1 aliphatic heterocycles. The molecule has 2 amide bonds. The van der Waals surface area contributed by atoms with Gasteiger partial charge in [-0.15, -0.1) is 0 Å². The standard InChI is InChI=1S/C25H28N4O2/c1-15-19-20(16-11-13-18(14-12-16)25(2,3)4)21(24(31)27-22(19)29(5)28-15)26-23(30)17-9-7-6-8-10-17/h6-14,20-21H,1-5H3,(H,26,30)(H,27,31)/t20-,21-/m1/s1. The molecule has 2 atom stereocenters. The van der Waals surface area contributed by atoms with Crippen molar-refractivity contribution < 1.29 is 9.59 Å². The van der Waals surface area contributed by atoms with Crippen LogP contribution in [0, 0.1) is 6.92 Å². The molecular formula is C25H28N4O2. The Labute approximate surface area is 182 Å². The molecule has 1 aliphatic rings. The first kappa shape index (κ1) is 20.8. The summed E-state index contributed by atoms with van der Waals surface area (Å²) in [4.78, 5) is 26.0. The van der Waals surface area contributed by atoms with Crippen LogP contribution >= 0.6 is 0 Å². The zero-order valence-corrected chi connectivity index (χ0v) is 18.6. The molecule has 0 saturated carbocycles. The van der Waals surface area contributed by atoms with Crippen molar-refractivity contribution in [3.8, 4) is 0 Å². The molecular weight excluding hydrogens is 388 g/mol. The lowest BCUT2D eigenvalue weighted by Gasteiger charge is -2.33. The number of anilines is 1. The lowest BCUT2D eigenvalue weighted by Crippen LogP contribution is -2.50. The van der Waals surface area contributed by atoms with Crippen molar-refractivity contribution in [1.29, 1.82) is 0 Å². The molecule has 0 fully saturated rings. The minimum atomic E-state index is -0.747. The molecule has 4 rings (SSSR count). The van der Waals surface area contributed by atoms with Crippen molar-refractivity contribution in [3.05, 3.63) is 82.5 Å². The van der Waals surface area contributed by atoms with Crippen LogP contribution in [-0.4, -0.2) is 27.6 Å². The van der Waals surface area contributed by atoms with E-state index in [1.807, 2.05) is 32.2 Å². The van der Waals surface area contributed by atoms with Gasteiger partial charge in [-0.3, -0.25) is 14.3 Å². The van der Waals surface area contributed by atoms with Crippen molar-refractivity contribution in [1.82, 2.24) is 15.1 Å². The van der Waals surface area contributed by atoms with Gasteiger partial charge in [0.25, 0.3) is 5.91 Å². The van der Waals surface area contributed by atoms with Gasteiger partial charge in [-0.1, -0.05) is 63.2 Å². The number of fused-ring (bicyclic) bond motifs is 1. The average molecular weight is 417 g/mol. The quantitative estimate of drug-likeness (QED) is 0.680. The maximum absolute atomic E-state index is 13.1. The number of nitrogens with zero attached hydrogens (tertiary/aromatic N) is 2. The molecule has 0 bridgehead atoms. The van der Waals surface area contributed by atoms with E-state index in [4.69, 9.17) is 0 Å². The number of aryl methyl sites for hydroxylation is 2. The van der Waals surface area contributed by atoms with Crippen LogP contribution in [0.25, 0.3) is 0 Å². The fourth-order valence-corrected chi connectivity index (χ4v) is 4.22. The van der Waals surface area contributed by atoms with Crippen LogP contribution < -0.4 is 10.6 Å². The van der Waals surface area contributed by atoms with E-state index in [1.165, 1.54) is 5.56 Å². The second-order valence-electron chi connectivity index (χ2n) is 9.13. The second kappa shape index (κ2) is 7.69. The van der Waals surface area contributed by atoms with Gasteiger partial charge in [0.05, 0.1) is 5.69 Å². The van der Waals surface area contributed by atoms with E-state index in [2.05, 4.69) is 60.8 Å². The minimum Gasteiger partial charge on any atom is -0.339 e. The number of aromatic nitrogens is 2. The average Bonchev–Trinajstić information content (AvgIpc) is 3.01. The molecule has 1 aromatic heterocycles. The Kier molecular flexibility index (Phi) is 5.17. The Balaban J connectivity index is 1.78. The first-order valence-corrected chi connectivity index (χ1v) is 10.5. The molecule has 2 aromatic carbocycles. The monoisotopic (exact) mass is 416 g/mol. The van der Waals surface area contributed by atoms with E-state index >= 15 is 0 Å². The number of rotatable bonds is 3. The zero-order valence-electron chi connectivity index (χ0n) is 18.6. The molecule has 2 heterocycles. The van der Waals surface area contributed by atoms with E-state index in [9.17, 15) is 9.59 Å². The predicted molar refractivity (Wildman–Crippen MR) is 121 cm³/mol. The normalized spacial score (nSPS) is 18.3. The number of amides is 2. The lowest BCUT2D eigenvalue weighted by atomic mass is 9.80. The number of carbonyl (C=O) groups is 2. The van der Waals surface area contributed by atoms with E-state index in [0.29, 0.717) is 11.4 Å². The third-order valence-corrected chi connectivity index (χ3v) is 5.90. The van der Waals surface area contributed by atoms with Gasteiger partial charge in [-0.2, -0.15) is 5.10 Å². The van der Waals surface area contributed by atoms with Crippen LogP contribution in [-0.2, 0) is 17.3 Å². The third kappa shape index (κ3) is 3.85. The third-order valence-electron chi connectivity index (χ3n) is 5.90. The molecule has 0 unspecified atom stereocenters. The number of benzene rings is 2. The summed E-state index contributed by atoms with van der Waals surface area (Å²) in [6, 6.07) is 16.5. The van der Waals surface area contributed by atoms with E-state index in [1.54, 1.807) is 16.8 Å². The number of carbonyl (C=O) groups excluding carboxylic acids is 2. The summed E-state index contributed by atoms with van der Waals surface area (Å²) < 4.78 is 1.69. The Bertz CT molecular complexity index is 1120. The van der Waals surface area contributed by atoms with Gasteiger partial charge in [-0.25, -0.2) is 0 Å². The minimum absolute atomic E-state index is 0.0266. The Hall–Kier alpha value is -3.41. The summed E-state index contributed by atoms with van der Waals surface area (Å²) in [6.45, 7) is 8.44. The Morgan fingerprint density at radius 3 is 2.32 bits per heavy atom. The lowest BCUT2D eigenvalue weighted by molar-refractivity contribution is -0.118. The Morgan fingerprint density at radius 2 is 1.71 bits per heavy atom. The first-order valence-electron chi connectivity index (χ1n) is 10.5. The summed E-state index contributed by atoms with van der Waals surface area (Å²) >= 11 is 0. The van der Waals surface area contributed by atoms with Crippen molar-refractivity contribution in [3.63, 3.8) is 0 Å². The van der Waals surface area contributed by atoms with Crippen molar-refractivity contribution in [2.75, 3.05) is 5.32 Å². The Morgan fingerprint density at radius 1 is 1.06 bits per heavy atom. The maximum atomic E-state index is 13.1. The first-order chi connectivity index (χ1) is 14.7. The van der Waals surface area contributed by atoms with E-state index < -0.39 is 6.04 Å². The topological polar surface area (TPSA) is 76.0 Å². The van der Waals surface area contributed by atoms with Crippen LogP contribution in [0.2, 0.25) is 0 Å². The molecule has 31 heavy (non-hydrogen) atoms. The number of nitrogens with one attached hydrogen (secondary N) is 2. The van der Waals surface area contributed by atoms with Crippen LogP contribution in [0.5, 0.6) is 0 Å². The number of hydrogen-bond donors (Lipinski definition) is 2. The van der Waals surface area contributed by atoms with Gasteiger partial charge in [0.1, 0.15) is 11.9 Å². The SMILES string of the molecule is Cc1nn(C)c2c1[C@@H](c1ccc(C(C)(C)C)cc1)[C@@H](NC(=O)c1ccccc1)C(=O)N2. The molecule has 6 nitrogen and oxygen atoms in total. The highest BCUT2D eigenvalue weighted by molar-refractivity contribution is 6.03. The van der Waals surface area contributed by atoms with Gasteiger partial charge in [0.2, 0.25) is 5.91 Å². The molecule has 0 saturated heterocycles. The molecule has 0 radical (unpaired) electrons. The van der Waals surface area contributed by atoms with Gasteiger partial charge in [0, 0.05) is 24.1 Å². The zero-order chi connectivity index (χ0) is 22.3. The summed E-state index contributed by atoms with van der Waals surface area (Å²) in [5, 5.41) is 10.4. The fourth-order valence-electron chi connectivity index (χ4n) is 4.22. The smallest absolute Gasteiger partial charge is 0.251 e. The van der Waals surface area contributed by atoms with Crippen LogP contribution in [0.3, 0.4) is 0 Å². The highest BCUT2D eigenvalue weighted by Crippen LogP contribution is 2.39. The van der Waals surface area contributed by atoms with Crippen LogP contribution in [0.15, 0.2) is 54.6 Å². The number of hydrogen-bond acceptors (Lipinski definition) is 3. The molecule has 0 spiro atoms. The highest BCUT2D eigenvalue weighted by Gasteiger charge is 2.41. The molecule has 3 aromatic rings. The van der Waals surface area contributed by atoms with Crippen molar-refractivity contribution >= 4 is 17.6 Å². The highest BCUT2D eigenvalue weighted by atomic mass is 16.2. The van der Waals surface area contributed by atoms with Crippen LogP contribution in [0.1, 0.15) is 59.4 Å². The van der Waals surface area contributed by atoms with Crippen molar-refractivity contribution in [2.45, 2.75) is 45.1 Å². The summed E-state index contributed by atoms with van der Waals surface area (Å²) in [5.41, 5.74) is 4.50. The summed E-state index contributed by atoms with van der Waals surface area (Å²) in [5.74, 6) is -0.177. The largest absolute Gasteiger partial charge is 0.339 e. The van der Waals surface area contributed by atoms with E-state index in [0.717, 1.165) is 16.8 Å². The molecule has 2 N–H and O–H groups in total. The molecule has 160 valence electrons. The van der Waals surface area contributed by atoms with Crippen molar-refractivity contribution in [2.24, 2.45) is 7.05 Å². The van der Waals surface area contributed by atoms with Gasteiger partial charge in [0.15, 0.2) is 0 Å². The fraction of sp³-hybridized carbons (Fsp3) is 0.320. The summed E-state index contributed by atoms with van der Waals surface area (Å²) in [7, 11) is 1.81. The van der Waals surface area contributed by atoms with Gasteiger partial charge in [-0.05, 0) is 35.6 Å².